The lowest BCUT2D eigenvalue weighted by atomic mass is 9.89. The van der Waals surface area contributed by atoms with E-state index in [2.05, 4.69) is 36.6 Å². The predicted octanol–water partition coefficient (Wildman–Crippen LogP) is 6.90. The number of aromatic nitrogens is 2. The average Bonchev–Trinajstić information content (AvgIpc) is 3.72. The summed E-state index contributed by atoms with van der Waals surface area (Å²) in [4.78, 5) is 48.2. The quantitative estimate of drug-likeness (QED) is 0.164. The van der Waals surface area contributed by atoms with E-state index >= 15 is 0 Å². The van der Waals surface area contributed by atoms with Crippen LogP contribution in [0.2, 0.25) is 0 Å². The van der Waals surface area contributed by atoms with Crippen LogP contribution >= 0.6 is 0 Å². The third-order valence-electron chi connectivity index (χ3n) is 9.92. The zero-order valence-corrected chi connectivity index (χ0v) is 28.8. The van der Waals surface area contributed by atoms with Gasteiger partial charge in [-0.3, -0.25) is 14.5 Å². The minimum Gasteiger partial charge on any atom is -0.446 e. The lowest BCUT2D eigenvalue weighted by molar-refractivity contribution is -0.286. The van der Waals surface area contributed by atoms with Crippen LogP contribution in [0.15, 0.2) is 28.6 Å². The molecule has 1 aromatic heterocycles. The largest absolute Gasteiger partial charge is 0.586 e. The summed E-state index contributed by atoms with van der Waals surface area (Å²) >= 11 is 0. The molecule has 0 bridgehead atoms. The lowest BCUT2D eigenvalue weighted by Crippen LogP contribution is -2.49. The van der Waals surface area contributed by atoms with E-state index in [0.717, 1.165) is 69.9 Å². The van der Waals surface area contributed by atoms with Gasteiger partial charge in [-0.25, -0.2) is 9.78 Å². The Morgan fingerprint density at radius 1 is 1.15 bits per heavy atom. The monoisotopic (exact) mass is 672 g/mol. The number of likely N-dealkylation sites (tertiary alicyclic amines) is 1. The van der Waals surface area contributed by atoms with Gasteiger partial charge in [0.25, 0.3) is 5.56 Å². The normalized spacial score (nSPS) is 23.8. The second kappa shape index (κ2) is 15.3. The summed E-state index contributed by atoms with van der Waals surface area (Å²) in [5.74, 6) is 0.500. The number of nitrogens with zero attached hydrogens (tertiary/aromatic N) is 2. The zero-order valence-electron chi connectivity index (χ0n) is 28.8. The molecule has 5 rings (SSSR count). The van der Waals surface area contributed by atoms with Gasteiger partial charge in [-0.1, -0.05) is 51.7 Å². The van der Waals surface area contributed by atoms with Crippen molar-refractivity contribution >= 4 is 22.9 Å². The standard InChI is InChI=1S/C36H50F2N4O6/c1-6-23-17-18-42(31(23)32(43)22(4)5)20-25(19-21(2)3)39-35(45)46-28-14-10-12-24(28)11-8-7-9-13-27-34(44)41-30-26(40-27)15-16-29-33(30)48-36(37,38)47-29/h15-16,19,22-25,28,31H,6-14,17-18,20H2,1-5H3,(H,39,45)(H,41,44). The van der Waals surface area contributed by atoms with Gasteiger partial charge in [-0.05, 0) is 89.3 Å². The molecular formula is C36H50F2N4O6. The van der Waals surface area contributed by atoms with Gasteiger partial charge in [-0.2, -0.15) is 0 Å². The van der Waals surface area contributed by atoms with Crippen molar-refractivity contribution in [2.24, 2.45) is 17.8 Å². The molecule has 2 fully saturated rings. The van der Waals surface area contributed by atoms with Crippen molar-refractivity contribution < 1.29 is 32.6 Å². The van der Waals surface area contributed by atoms with Crippen molar-refractivity contribution in [2.45, 2.75) is 123 Å². The highest BCUT2D eigenvalue weighted by molar-refractivity contribution is 5.86. The number of Topliss-reactive ketones (excluding diaryl/α,β-unsaturated/α-hetero) is 1. The van der Waals surface area contributed by atoms with Crippen LogP contribution in [0, 0.1) is 17.8 Å². The van der Waals surface area contributed by atoms with E-state index in [9.17, 15) is 23.2 Å². The molecule has 3 heterocycles. The van der Waals surface area contributed by atoms with Crippen molar-refractivity contribution in [1.82, 2.24) is 20.2 Å². The summed E-state index contributed by atoms with van der Waals surface area (Å²) < 4.78 is 42.1. The number of carbonyl (C=O) groups is 2. The van der Waals surface area contributed by atoms with Crippen molar-refractivity contribution in [3.05, 3.63) is 39.8 Å². The van der Waals surface area contributed by atoms with Gasteiger partial charge >= 0.3 is 12.4 Å². The summed E-state index contributed by atoms with van der Waals surface area (Å²) in [6, 6.07) is 2.51. The first kappa shape index (κ1) is 35.8. The molecule has 0 spiro atoms. The smallest absolute Gasteiger partial charge is 0.446 e. The molecule has 1 aliphatic carbocycles. The number of carbonyl (C=O) groups excluding carboxylic acids is 2. The van der Waals surface area contributed by atoms with Crippen LogP contribution in [-0.4, -0.2) is 64.3 Å². The molecule has 2 aliphatic heterocycles. The Labute approximate surface area is 281 Å². The number of halogens is 2. The number of amides is 1. The number of rotatable bonds is 14. The molecule has 2 aromatic rings. The Morgan fingerprint density at radius 2 is 1.94 bits per heavy atom. The summed E-state index contributed by atoms with van der Waals surface area (Å²) in [6.45, 7) is 11.5. The van der Waals surface area contributed by atoms with E-state index < -0.39 is 17.9 Å². The highest BCUT2D eigenvalue weighted by Crippen LogP contribution is 2.44. The van der Waals surface area contributed by atoms with Crippen molar-refractivity contribution in [2.75, 3.05) is 13.1 Å². The number of ether oxygens (including phenoxy) is 3. The first-order valence-corrected chi connectivity index (χ1v) is 17.6. The van der Waals surface area contributed by atoms with Gasteiger partial charge < -0.3 is 24.5 Å². The maximum Gasteiger partial charge on any atom is 0.586 e. The third-order valence-corrected chi connectivity index (χ3v) is 9.92. The molecule has 1 saturated carbocycles. The lowest BCUT2D eigenvalue weighted by Gasteiger charge is -2.31. The number of alkyl halides is 2. The highest BCUT2D eigenvalue weighted by atomic mass is 19.3. The number of alkyl carbamates (subject to hydrolysis) is 1. The van der Waals surface area contributed by atoms with E-state index in [0.29, 0.717) is 30.1 Å². The molecule has 264 valence electrons. The molecule has 5 atom stereocenters. The third kappa shape index (κ3) is 8.54. The van der Waals surface area contributed by atoms with Crippen LogP contribution in [0.25, 0.3) is 11.0 Å². The molecular weight excluding hydrogens is 622 g/mol. The summed E-state index contributed by atoms with van der Waals surface area (Å²) in [5.41, 5.74) is 1.45. The molecule has 1 aromatic carbocycles. The Kier molecular flexibility index (Phi) is 11.4. The number of ketones is 1. The Balaban J connectivity index is 1.09. The maximum absolute atomic E-state index is 13.5. The molecule has 1 amide bonds. The van der Waals surface area contributed by atoms with Crippen LogP contribution in [-0.2, 0) is 16.0 Å². The number of aromatic amines is 1. The van der Waals surface area contributed by atoms with Crippen LogP contribution in [0.4, 0.5) is 13.6 Å². The number of fused-ring (bicyclic) bond motifs is 3. The number of allylic oxidation sites excluding steroid dienone is 1. The number of H-pyrrole nitrogens is 1. The van der Waals surface area contributed by atoms with Crippen molar-refractivity contribution in [3.63, 3.8) is 0 Å². The topological polar surface area (TPSA) is 123 Å². The fraction of sp³-hybridized carbons (Fsp3) is 0.667. The number of aryl methyl sites for hydroxylation is 1. The molecule has 10 nitrogen and oxygen atoms in total. The highest BCUT2D eigenvalue weighted by Gasteiger charge is 2.45. The zero-order chi connectivity index (χ0) is 34.6. The number of nitrogens with one attached hydrogen (secondary N) is 2. The van der Waals surface area contributed by atoms with Crippen LogP contribution in [0.1, 0.15) is 98.1 Å². The SMILES string of the molecule is CCC1CCN(CC(C=C(C)C)NC(=O)OC2CCCC2CCCCCc2nc3ccc4c(c3[nH]c2=O)OC(F)(F)O4)C1C(=O)C(C)C. The Morgan fingerprint density at radius 3 is 2.67 bits per heavy atom. The first-order valence-electron chi connectivity index (χ1n) is 17.6. The van der Waals surface area contributed by atoms with E-state index in [1.807, 2.05) is 33.8 Å². The molecule has 3 aliphatic rings. The fourth-order valence-electron chi connectivity index (χ4n) is 7.56. The van der Waals surface area contributed by atoms with Gasteiger partial charge in [0.15, 0.2) is 17.3 Å². The van der Waals surface area contributed by atoms with Gasteiger partial charge in [0, 0.05) is 12.5 Å². The van der Waals surface area contributed by atoms with Crippen molar-refractivity contribution in [3.8, 4) is 11.5 Å². The molecule has 1 saturated heterocycles. The molecule has 12 heteroatoms. The molecule has 2 N–H and O–H groups in total. The van der Waals surface area contributed by atoms with E-state index in [1.54, 1.807) is 0 Å². The molecule has 5 unspecified atom stereocenters. The first-order chi connectivity index (χ1) is 22.8. The number of hydrogen-bond donors (Lipinski definition) is 2. The second-order valence-electron chi connectivity index (χ2n) is 14.1. The van der Waals surface area contributed by atoms with Crippen LogP contribution in [0.3, 0.4) is 0 Å². The molecule has 0 radical (unpaired) electrons. The Hall–Kier alpha value is -3.54. The van der Waals surface area contributed by atoms with Crippen LogP contribution < -0.4 is 20.3 Å². The number of hydrogen-bond acceptors (Lipinski definition) is 8. The minimum absolute atomic E-state index is 0.0331. The summed E-state index contributed by atoms with van der Waals surface area (Å²) in [5, 5.41) is 3.09. The predicted molar refractivity (Wildman–Crippen MR) is 178 cm³/mol. The summed E-state index contributed by atoms with van der Waals surface area (Å²) in [7, 11) is 0. The molecule has 48 heavy (non-hydrogen) atoms. The maximum atomic E-state index is 13.5. The average molecular weight is 673 g/mol. The fourth-order valence-corrected chi connectivity index (χ4v) is 7.56. The van der Waals surface area contributed by atoms with Gasteiger partial charge in [0.1, 0.15) is 17.3 Å². The van der Waals surface area contributed by atoms with Gasteiger partial charge in [-0.15, -0.1) is 8.78 Å². The van der Waals surface area contributed by atoms with E-state index in [4.69, 9.17) is 4.74 Å². The number of benzene rings is 1. The minimum atomic E-state index is -3.78. The Bertz CT molecular complexity index is 1550. The second-order valence-corrected chi connectivity index (χ2v) is 14.1. The van der Waals surface area contributed by atoms with E-state index in [1.165, 1.54) is 12.1 Å². The van der Waals surface area contributed by atoms with Gasteiger partial charge in [0.05, 0.1) is 17.6 Å². The number of unbranched alkanes of at least 4 members (excludes halogenated alkanes) is 2. The van der Waals surface area contributed by atoms with E-state index in [-0.39, 0.29) is 52.8 Å². The van der Waals surface area contributed by atoms with Crippen LogP contribution in [0.5, 0.6) is 11.5 Å². The van der Waals surface area contributed by atoms with Gasteiger partial charge in [0.2, 0.25) is 0 Å². The summed E-state index contributed by atoms with van der Waals surface area (Å²) in [6.07, 6.45) is 6.40. The van der Waals surface area contributed by atoms with Crippen molar-refractivity contribution in [1.29, 1.82) is 0 Å².